The number of guanidine groups is 2. The zero-order chi connectivity index (χ0) is 98.1. The number of likely N-dealkylation sites (tertiary alicyclic amines) is 2. The maximum Gasteiger partial charge on any atom is 0.326 e. The zero-order valence-electron chi connectivity index (χ0n) is 78.0. The standard InChI is InChI=1S/C96H138N26O14/c1-5-56(4)81(100)91(132)118-74(46-55(2)3)86(127)113-69(32-14-17-39-97)82(123)111-70(33-15-18-40-98)85(126)119-77(49-59-53-109-67-30-12-8-26-63(59)67)92(133)121-44-22-38-80(121)90(131)117-76(48-58-52-108-66-29-11-7-25-62(58)66)88(129)120-78(50-60-54-110-68-31-13-9-27-64(60)68)93(134)122-45-23-37-79(122)89(130)116-75(47-57-51-107-65-28-10-6-24-61(57)65)87(128)114-71(35-20-42-105-95(101)102)83(124)112-72(36-21-43-106-96(103)104)84(125)115-73(94(135)136)34-16-19-41-99/h6-13,24-31,51-56,69-81,107-110H,5,14-23,32-50,97-100H2,1-4H3,(H,111,123)(H,112,124)(H,113,127)(H,114,128)(H,115,125)(H,116,130)(H,117,131)(H,118,132)(H,119,126)(H,120,129)(H,135,136)(H4,101,102,105)(H4,103,104,106)/t56-,69-,70-,71-,72-,73-,74-,75-,76-,77-,78-,79-,80-,81-/m0/s1. The summed E-state index contributed by atoms with van der Waals surface area (Å²) in [4.78, 5) is 210. The molecule has 0 saturated carbocycles. The molecule has 2 saturated heterocycles. The number of unbranched alkanes of at least 4 members (excludes halogenated alkanes) is 3. The number of aromatic amines is 4. The quantitative estimate of drug-likeness (QED) is 0.0147. The summed E-state index contributed by atoms with van der Waals surface area (Å²) in [7, 11) is 0. The predicted octanol–water partition coefficient (Wildman–Crippen LogP) is 2.13. The van der Waals surface area contributed by atoms with E-state index >= 15 is 33.6 Å². The fourth-order valence-corrected chi connectivity index (χ4v) is 17.7. The van der Waals surface area contributed by atoms with Crippen molar-refractivity contribution in [2.24, 2.45) is 46.2 Å². The van der Waals surface area contributed by atoms with Crippen LogP contribution >= 0.6 is 0 Å². The lowest BCUT2D eigenvalue weighted by molar-refractivity contribution is -0.143. The second-order valence-corrected chi connectivity index (χ2v) is 35.9. The number of aromatic nitrogens is 4. The Labute approximate surface area is 790 Å². The van der Waals surface area contributed by atoms with Gasteiger partial charge in [-0.2, -0.15) is 0 Å². The number of fused-ring (bicyclic) bond motifs is 4. The van der Waals surface area contributed by atoms with Crippen LogP contribution in [-0.4, -0.2) is 248 Å². The van der Waals surface area contributed by atoms with Gasteiger partial charge < -0.3 is 133 Å². The Morgan fingerprint density at radius 3 is 0.993 bits per heavy atom. The number of rotatable bonds is 55. The van der Waals surface area contributed by atoms with Crippen molar-refractivity contribution in [2.45, 2.75) is 254 Å². The second-order valence-electron chi connectivity index (χ2n) is 35.9. The minimum atomic E-state index is -1.50. The molecule has 136 heavy (non-hydrogen) atoms. The summed E-state index contributed by atoms with van der Waals surface area (Å²) in [5.41, 5.74) is 40.4. The van der Waals surface area contributed by atoms with Crippen LogP contribution in [0.1, 0.15) is 172 Å². The van der Waals surface area contributed by atoms with Crippen molar-refractivity contribution in [3.8, 4) is 0 Å². The summed E-state index contributed by atoms with van der Waals surface area (Å²) in [5.74, 6) is -11.2. The fraction of sp³-hybridized carbons (Fsp3) is 0.510. The number of carbonyl (C=O) groups is 13. The maximum atomic E-state index is 16.1. The molecule has 4 aromatic carbocycles. The Kier molecular flexibility index (Phi) is 39.9. The molecule has 10 rings (SSSR count). The van der Waals surface area contributed by atoms with Gasteiger partial charge in [0.05, 0.1) is 6.04 Å². The van der Waals surface area contributed by atoms with Crippen molar-refractivity contribution < 1.29 is 67.4 Å². The van der Waals surface area contributed by atoms with Gasteiger partial charge in [0, 0.05) is 120 Å². The molecule has 40 heteroatoms. The molecule has 0 unspecified atom stereocenters. The van der Waals surface area contributed by atoms with Crippen molar-refractivity contribution in [1.82, 2.24) is 93.5 Å². The van der Waals surface area contributed by atoms with Gasteiger partial charge in [-0.3, -0.25) is 68.4 Å². The molecular weight excluding hydrogens is 1740 g/mol. The fourth-order valence-electron chi connectivity index (χ4n) is 17.7. The lowest BCUT2D eigenvalue weighted by Crippen LogP contribution is -2.61. The molecule has 8 aromatic rings. The number of nitrogens with one attached hydrogen (secondary N) is 18. The van der Waals surface area contributed by atoms with Crippen LogP contribution < -0.4 is 98.2 Å². The molecule has 12 amide bonds. The van der Waals surface area contributed by atoms with E-state index in [9.17, 15) is 33.9 Å². The number of aliphatic carboxylic acids is 1. The van der Waals surface area contributed by atoms with Gasteiger partial charge in [0.15, 0.2) is 11.9 Å². The molecule has 14 atom stereocenters. The Bertz CT molecular complexity index is 5430. The number of para-hydroxylation sites is 4. The lowest BCUT2D eigenvalue weighted by atomic mass is 9.97. The number of benzene rings is 4. The van der Waals surface area contributed by atoms with Crippen LogP contribution in [0.5, 0.6) is 0 Å². The topological polar surface area (TPSA) is 660 Å². The molecule has 2 aliphatic rings. The second kappa shape index (κ2) is 51.8. The van der Waals surface area contributed by atoms with Crippen LogP contribution in [0, 0.1) is 22.7 Å². The van der Waals surface area contributed by atoms with Crippen LogP contribution in [0.3, 0.4) is 0 Å². The van der Waals surface area contributed by atoms with E-state index in [4.69, 9.17) is 45.2 Å². The summed E-state index contributed by atoms with van der Waals surface area (Å²) in [6, 6.07) is 12.2. The molecule has 2 fully saturated rings. The first kappa shape index (κ1) is 105. The highest BCUT2D eigenvalue weighted by molar-refractivity contribution is 6.02. The smallest absolute Gasteiger partial charge is 0.326 e. The third-order valence-electron chi connectivity index (χ3n) is 25.4. The normalized spacial score (nSPS) is 16.4. The Morgan fingerprint density at radius 1 is 0.390 bits per heavy atom. The number of carboxylic acids is 1. The highest BCUT2D eigenvalue weighted by Gasteiger charge is 2.45. The first-order valence-electron chi connectivity index (χ1n) is 47.5. The van der Waals surface area contributed by atoms with Crippen molar-refractivity contribution in [2.75, 3.05) is 45.8 Å². The van der Waals surface area contributed by atoms with Gasteiger partial charge >= 0.3 is 5.97 Å². The van der Waals surface area contributed by atoms with E-state index in [1.54, 1.807) is 30.9 Å². The van der Waals surface area contributed by atoms with Crippen molar-refractivity contribution >= 4 is 132 Å². The SMILES string of the molecule is CC[C@H](C)[C@H](N)C(=O)N[C@@H](CC(C)C)C(=O)N[C@@H](CCCCN)C(=O)N[C@@H](CCCCN)C(=O)N[C@@H](Cc1c[nH]c2ccccc12)C(=O)N1CCC[C@H]1C(=O)N[C@@H](Cc1c[nH]c2ccccc12)C(=O)N[C@@H](Cc1c[nH]c2ccccc12)C(=O)N1CCC[C@H]1C(=O)N[C@@H](Cc1c[nH]c2ccccc12)C(=O)N[C@@H](CCCNC(=N)N)C(=O)N[C@@H](CCCNC(=N)N)C(=O)N[C@@H](CCCCN)C(=O)O. The molecule has 4 aromatic heterocycles. The summed E-state index contributed by atoms with van der Waals surface area (Å²) >= 11 is 0. The number of carboxylic acid groups (broad SMARTS) is 1. The van der Waals surface area contributed by atoms with E-state index in [1.165, 1.54) is 9.80 Å². The molecule has 0 bridgehead atoms. The van der Waals surface area contributed by atoms with Crippen molar-refractivity contribution in [3.05, 3.63) is 144 Å². The molecule has 736 valence electrons. The Balaban J connectivity index is 0.937. The minimum Gasteiger partial charge on any atom is -0.480 e. The van der Waals surface area contributed by atoms with Gasteiger partial charge in [0.25, 0.3) is 0 Å². The molecule has 6 heterocycles. The van der Waals surface area contributed by atoms with Crippen LogP contribution in [0.4, 0.5) is 0 Å². The van der Waals surface area contributed by atoms with Crippen molar-refractivity contribution in [3.63, 3.8) is 0 Å². The van der Waals surface area contributed by atoms with Gasteiger partial charge in [-0.05, 0) is 194 Å². The van der Waals surface area contributed by atoms with Crippen LogP contribution in [0.25, 0.3) is 43.6 Å². The van der Waals surface area contributed by atoms with E-state index in [2.05, 4.69) is 83.7 Å². The molecule has 40 nitrogen and oxygen atoms in total. The highest BCUT2D eigenvalue weighted by Crippen LogP contribution is 2.29. The number of carbonyl (C=O) groups excluding carboxylic acids is 12. The average Bonchev–Trinajstić information content (AvgIpc) is 1.65. The van der Waals surface area contributed by atoms with Gasteiger partial charge in [-0.1, -0.05) is 107 Å². The predicted molar refractivity (Wildman–Crippen MR) is 518 cm³/mol. The molecule has 0 aliphatic carbocycles. The minimum absolute atomic E-state index is 0.00691. The largest absolute Gasteiger partial charge is 0.480 e. The van der Waals surface area contributed by atoms with Crippen LogP contribution in [0.15, 0.2) is 122 Å². The Morgan fingerprint density at radius 2 is 0.676 bits per heavy atom. The van der Waals surface area contributed by atoms with E-state index in [-0.39, 0.29) is 166 Å². The number of hydrogen-bond donors (Lipinski definition) is 25. The first-order valence-corrected chi connectivity index (χ1v) is 47.5. The summed E-state index contributed by atoms with van der Waals surface area (Å²) in [5, 5.41) is 62.5. The van der Waals surface area contributed by atoms with Gasteiger partial charge in [0.2, 0.25) is 70.9 Å². The molecule has 0 spiro atoms. The molecular formula is C96H138N26O14. The van der Waals surface area contributed by atoms with E-state index < -0.39 is 155 Å². The zero-order valence-corrected chi connectivity index (χ0v) is 78.0. The number of nitrogens with two attached hydrogens (primary N) is 6. The summed E-state index contributed by atoms with van der Waals surface area (Å²) < 4.78 is 0. The van der Waals surface area contributed by atoms with Gasteiger partial charge in [-0.15, -0.1) is 0 Å². The summed E-state index contributed by atoms with van der Waals surface area (Å²) in [6.07, 6.45) is 10.5. The van der Waals surface area contributed by atoms with Gasteiger partial charge in [-0.25, -0.2) is 4.79 Å². The monoisotopic (exact) mass is 1880 g/mol. The lowest BCUT2D eigenvalue weighted by Gasteiger charge is -2.32. The number of amides is 12. The van der Waals surface area contributed by atoms with E-state index in [0.29, 0.717) is 106 Å². The van der Waals surface area contributed by atoms with Crippen LogP contribution in [-0.2, 0) is 88.0 Å². The highest BCUT2D eigenvalue weighted by atomic mass is 16.4. The van der Waals surface area contributed by atoms with Crippen molar-refractivity contribution in [1.29, 1.82) is 10.8 Å². The maximum absolute atomic E-state index is 16.1. The number of nitrogens with zero attached hydrogens (tertiary/aromatic N) is 2. The first-order chi connectivity index (χ1) is 65.4. The van der Waals surface area contributed by atoms with Crippen LogP contribution in [0.2, 0.25) is 0 Å². The molecule has 31 N–H and O–H groups in total. The van der Waals surface area contributed by atoms with E-state index in [1.807, 2.05) is 119 Å². The number of H-pyrrole nitrogens is 4. The summed E-state index contributed by atoms with van der Waals surface area (Å²) in [6.45, 7) is 8.49. The molecule has 2 aliphatic heterocycles. The average molecular weight is 1880 g/mol. The Hall–Kier alpha value is -13.5. The number of hydrogen-bond acceptors (Lipinski definition) is 19. The van der Waals surface area contributed by atoms with Gasteiger partial charge in [0.1, 0.15) is 72.5 Å². The van der Waals surface area contributed by atoms with E-state index in [0.717, 1.165) is 10.9 Å². The third-order valence-corrected chi connectivity index (χ3v) is 25.4. The molecule has 0 radical (unpaired) electrons. The third kappa shape index (κ3) is 29.5.